The fourth-order valence-corrected chi connectivity index (χ4v) is 2.53. The zero-order valence-corrected chi connectivity index (χ0v) is 9.92. The van der Waals surface area contributed by atoms with Crippen LogP contribution >= 0.6 is 0 Å². The Hall–Kier alpha value is -1.31. The van der Waals surface area contributed by atoms with Crippen molar-refractivity contribution in [1.82, 2.24) is 0 Å². The number of ketones is 1. The first kappa shape index (κ1) is 11.2. The summed E-state index contributed by atoms with van der Waals surface area (Å²) in [4.78, 5) is 11.4. The largest absolute Gasteiger partial charge is 0.507 e. The Morgan fingerprint density at radius 1 is 1.25 bits per heavy atom. The van der Waals surface area contributed by atoms with Crippen LogP contribution < -0.4 is 0 Å². The second kappa shape index (κ2) is 4.28. The third kappa shape index (κ3) is 2.11. The summed E-state index contributed by atoms with van der Waals surface area (Å²) in [6.07, 6.45) is 3.51. The minimum absolute atomic E-state index is 0.360. The number of benzene rings is 1. The first-order valence-electron chi connectivity index (χ1n) is 5.89. The molecule has 0 saturated heterocycles. The van der Waals surface area contributed by atoms with Crippen molar-refractivity contribution < 1.29 is 9.90 Å². The Morgan fingerprint density at radius 2 is 1.88 bits per heavy atom. The fraction of sp³-hybridized carbons (Fsp3) is 0.500. The Bertz CT molecular complexity index is 398. The summed E-state index contributed by atoms with van der Waals surface area (Å²) in [5.74, 6) is 1.12. The second-order valence-electron chi connectivity index (χ2n) is 4.84. The predicted molar refractivity (Wildman–Crippen MR) is 63.8 cm³/mol. The lowest BCUT2D eigenvalue weighted by Gasteiger charge is -2.22. The third-order valence-corrected chi connectivity index (χ3v) is 3.47. The van der Waals surface area contributed by atoms with Crippen LogP contribution in [0.5, 0.6) is 5.75 Å². The van der Waals surface area contributed by atoms with E-state index in [-0.39, 0.29) is 0 Å². The molecular weight excluding hydrogens is 200 g/mol. The maximum Gasteiger partial charge on any atom is 0.133 e. The zero-order valence-electron chi connectivity index (χ0n) is 9.92. The van der Waals surface area contributed by atoms with E-state index in [1.807, 2.05) is 26.0 Å². The van der Waals surface area contributed by atoms with Crippen LogP contribution in [0.1, 0.15) is 48.3 Å². The molecule has 1 atom stereocenters. The molecule has 0 amide bonds. The molecule has 1 fully saturated rings. The minimum atomic E-state index is 0.360. The van der Waals surface area contributed by atoms with Gasteiger partial charge in [0.15, 0.2) is 0 Å². The topological polar surface area (TPSA) is 37.3 Å². The molecule has 0 bridgehead atoms. The number of hydrogen-bond acceptors (Lipinski definition) is 2. The van der Waals surface area contributed by atoms with Crippen molar-refractivity contribution in [2.75, 3.05) is 0 Å². The van der Waals surface area contributed by atoms with Gasteiger partial charge in [0, 0.05) is 12.8 Å². The number of phenolic OH excluding ortho intramolecular Hbond substituents is 1. The van der Waals surface area contributed by atoms with Crippen molar-refractivity contribution >= 4 is 5.78 Å². The molecular formula is C14H18O2. The molecule has 86 valence electrons. The van der Waals surface area contributed by atoms with E-state index in [0.29, 0.717) is 23.9 Å². The highest BCUT2D eigenvalue weighted by molar-refractivity contribution is 5.80. The van der Waals surface area contributed by atoms with Gasteiger partial charge >= 0.3 is 0 Å². The molecule has 0 aliphatic heterocycles. The standard InChI is InChI=1S/C14H18O2/c1-9-6-12(7-10(2)14(9)16)11-4-3-5-13(15)8-11/h6-7,11,16H,3-5,8H2,1-2H3. The monoisotopic (exact) mass is 218 g/mol. The predicted octanol–water partition coefficient (Wildman–Crippen LogP) is 3.24. The molecule has 2 nitrogen and oxygen atoms in total. The average Bonchev–Trinajstić information content (AvgIpc) is 2.25. The van der Waals surface area contributed by atoms with Crippen LogP contribution in [-0.2, 0) is 4.79 Å². The van der Waals surface area contributed by atoms with Crippen LogP contribution in [0.3, 0.4) is 0 Å². The van der Waals surface area contributed by atoms with E-state index in [9.17, 15) is 9.90 Å². The van der Waals surface area contributed by atoms with Gasteiger partial charge in [-0.15, -0.1) is 0 Å². The van der Waals surface area contributed by atoms with Crippen LogP contribution in [0.25, 0.3) is 0 Å². The van der Waals surface area contributed by atoms with Crippen LogP contribution in [0, 0.1) is 13.8 Å². The molecule has 1 aromatic rings. The first-order chi connectivity index (χ1) is 7.58. The normalized spacial score (nSPS) is 21.1. The van der Waals surface area contributed by atoms with Crippen molar-refractivity contribution in [3.63, 3.8) is 0 Å². The van der Waals surface area contributed by atoms with Gasteiger partial charge in [0.2, 0.25) is 0 Å². The third-order valence-electron chi connectivity index (χ3n) is 3.47. The SMILES string of the molecule is Cc1cc(C2CCCC(=O)C2)cc(C)c1O. The number of hydrogen-bond donors (Lipinski definition) is 1. The molecule has 0 radical (unpaired) electrons. The van der Waals surface area contributed by atoms with Gasteiger partial charge in [-0.05, 0) is 49.3 Å². The van der Waals surface area contributed by atoms with Gasteiger partial charge in [-0.25, -0.2) is 0 Å². The Labute approximate surface area is 96.3 Å². The van der Waals surface area contributed by atoms with Gasteiger partial charge in [0.05, 0.1) is 0 Å². The van der Waals surface area contributed by atoms with Crippen LogP contribution in [0.15, 0.2) is 12.1 Å². The summed E-state index contributed by atoms with van der Waals surface area (Å²) in [5.41, 5.74) is 3.03. The molecule has 1 unspecified atom stereocenters. The smallest absolute Gasteiger partial charge is 0.133 e. The second-order valence-corrected chi connectivity index (χ2v) is 4.84. The highest BCUT2D eigenvalue weighted by Gasteiger charge is 2.21. The molecule has 1 aliphatic rings. The number of phenols is 1. The van der Waals surface area contributed by atoms with Crippen molar-refractivity contribution in [2.24, 2.45) is 0 Å². The quantitative estimate of drug-likeness (QED) is 0.785. The Morgan fingerprint density at radius 3 is 2.44 bits per heavy atom. The summed E-state index contributed by atoms with van der Waals surface area (Å²) >= 11 is 0. The summed E-state index contributed by atoms with van der Waals surface area (Å²) in [5, 5.41) is 9.71. The van der Waals surface area contributed by atoms with Gasteiger partial charge in [0.1, 0.15) is 11.5 Å². The van der Waals surface area contributed by atoms with Gasteiger partial charge in [0.25, 0.3) is 0 Å². The van der Waals surface area contributed by atoms with E-state index < -0.39 is 0 Å². The van der Waals surface area contributed by atoms with Crippen molar-refractivity contribution in [3.8, 4) is 5.75 Å². The summed E-state index contributed by atoms with van der Waals surface area (Å²) in [6.45, 7) is 3.83. The van der Waals surface area contributed by atoms with Crippen molar-refractivity contribution in [1.29, 1.82) is 0 Å². The van der Waals surface area contributed by atoms with Gasteiger partial charge in [-0.2, -0.15) is 0 Å². The molecule has 2 heteroatoms. The Kier molecular flexibility index (Phi) is 2.99. The number of aryl methyl sites for hydroxylation is 2. The lowest BCUT2D eigenvalue weighted by molar-refractivity contribution is -0.120. The van der Waals surface area contributed by atoms with E-state index in [1.165, 1.54) is 5.56 Å². The number of carbonyl (C=O) groups is 1. The lowest BCUT2D eigenvalue weighted by atomic mass is 9.82. The number of Topliss-reactive ketones (excluding diaryl/α,β-unsaturated/α-hetero) is 1. The number of rotatable bonds is 1. The summed E-state index contributed by atoms with van der Waals surface area (Å²) in [7, 11) is 0. The van der Waals surface area contributed by atoms with Gasteiger partial charge < -0.3 is 5.11 Å². The molecule has 0 heterocycles. The zero-order chi connectivity index (χ0) is 11.7. The van der Waals surface area contributed by atoms with Crippen LogP contribution in [-0.4, -0.2) is 10.9 Å². The highest BCUT2D eigenvalue weighted by Crippen LogP contribution is 2.34. The average molecular weight is 218 g/mol. The molecule has 1 N–H and O–H groups in total. The molecule has 16 heavy (non-hydrogen) atoms. The highest BCUT2D eigenvalue weighted by atomic mass is 16.3. The summed E-state index contributed by atoms with van der Waals surface area (Å²) in [6, 6.07) is 4.04. The van der Waals surface area contributed by atoms with Crippen molar-refractivity contribution in [2.45, 2.75) is 45.4 Å². The number of aromatic hydroxyl groups is 1. The maximum atomic E-state index is 11.4. The minimum Gasteiger partial charge on any atom is -0.507 e. The van der Waals surface area contributed by atoms with E-state index in [4.69, 9.17) is 0 Å². The first-order valence-corrected chi connectivity index (χ1v) is 5.89. The maximum absolute atomic E-state index is 11.4. The van der Waals surface area contributed by atoms with E-state index in [2.05, 4.69) is 0 Å². The van der Waals surface area contributed by atoms with Crippen molar-refractivity contribution in [3.05, 3.63) is 28.8 Å². The van der Waals surface area contributed by atoms with E-state index >= 15 is 0 Å². The van der Waals surface area contributed by atoms with Gasteiger partial charge in [-0.3, -0.25) is 4.79 Å². The molecule has 0 aromatic heterocycles. The fourth-order valence-electron chi connectivity index (χ4n) is 2.53. The van der Waals surface area contributed by atoms with Crippen LogP contribution in [0.2, 0.25) is 0 Å². The molecule has 1 saturated carbocycles. The summed E-state index contributed by atoms with van der Waals surface area (Å²) < 4.78 is 0. The molecule has 1 aliphatic carbocycles. The lowest BCUT2D eigenvalue weighted by Crippen LogP contribution is -2.13. The molecule has 1 aromatic carbocycles. The van der Waals surface area contributed by atoms with E-state index in [1.54, 1.807) is 0 Å². The molecule has 0 spiro atoms. The van der Waals surface area contributed by atoms with Gasteiger partial charge in [-0.1, -0.05) is 12.1 Å². The Balaban J connectivity index is 2.30. The van der Waals surface area contributed by atoms with E-state index in [0.717, 1.165) is 30.4 Å². The number of carbonyl (C=O) groups excluding carboxylic acids is 1. The molecule has 2 rings (SSSR count). The van der Waals surface area contributed by atoms with Crippen LogP contribution in [0.4, 0.5) is 0 Å².